The van der Waals surface area contributed by atoms with Crippen molar-refractivity contribution in [2.45, 2.75) is 52.9 Å². The van der Waals surface area contributed by atoms with Crippen LogP contribution in [0.5, 0.6) is 0 Å². The van der Waals surface area contributed by atoms with E-state index in [0.717, 1.165) is 30.6 Å². The van der Waals surface area contributed by atoms with Crippen LogP contribution in [0.3, 0.4) is 0 Å². The molecule has 1 nitrogen and oxygen atoms in total. The molecule has 0 amide bonds. The molecule has 0 spiro atoms. The molecule has 0 bridgehead atoms. The van der Waals surface area contributed by atoms with E-state index in [1.807, 2.05) is 11.3 Å². The van der Waals surface area contributed by atoms with Gasteiger partial charge in [0.15, 0.2) is 0 Å². The van der Waals surface area contributed by atoms with Gasteiger partial charge < -0.3 is 4.90 Å². The second-order valence-electron chi connectivity index (χ2n) is 16.4. The number of anilines is 3. The highest BCUT2D eigenvalue weighted by Gasteiger charge is 2.35. The molecule has 1 atom stereocenters. The molecule has 0 aliphatic heterocycles. The van der Waals surface area contributed by atoms with Gasteiger partial charge in [0.1, 0.15) is 0 Å². The Labute approximate surface area is 359 Å². The number of fused-ring (bicyclic) bond motifs is 7. The summed E-state index contributed by atoms with van der Waals surface area (Å²) in [5.41, 5.74) is 23.1. The fourth-order valence-corrected chi connectivity index (χ4v) is 10.9. The zero-order chi connectivity index (χ0) is 40.9. The molecule has 2 heteroatoms. The number of aryl methyl sites for hydroxylation is 1. The molecule has 1 aromatic heterocycles. The van der Waals surface area contributed by atoms with Crippen molar-refractivity contribution in [3.8, 4) is 44.5 Å². The Kier molecular flexibility index (Phi) is 9.82. The summed E-state index contributed by atoms with van der Waals surface area (Å²) in [4.78, 5) is 3.83. The second-order valence-corrected chi connectivity index (χ2v) is 17.7. The van der Waals surface area contributed by atoms with Crippen LogP contribution in [-0.2, 0) is 6.42 Å². The maximum Gasteiger partial charge on any atom is 0.0543 e. The summed E-state index contributed by atoms with van der Waals surface area (Å²) in [6.45, 7) is 13.2. The molecule has 60 heavy (non-hydrogen) atoms. The van der Waals surface area contributed by atoms with Crippen LogP contribution in [0.2, 0.25) is 0 Å². The molecule has 1 heterocycles. The average Bonchev–Trinajstić information content (AvgIpc) is 3.95. The van der Waals surface area contributed by atoms with E-state index in [1.54, 1.807) is 0 Å². The standard InChI is InChI=1S/C58H49NS/c1-6-13-37(4)48(8-3)53-31-32-55(58-52-18-12-11-17-50(52)51(14-7-2)57(53)58)59(47-29-25-40(26-30-47)42-20-22-45-33-38(5)60-56(45)36-42)46-27-23-39(24-28-46)41-19-21-44-34-43-15-9-10-16-49(43)54(44)35-41/h6,8-13,15-33,35-36,51H,3,7,14,34H2,1-2,4-5H3/b13-6-,48-37+. The number of hydrogen-bond acceptors (Lipinski definition) is 2. The minimum atomic E-state index is 0.289. The fraction of sp³-hybridized carbons (Fsp3) is 0.138. The lowest BCUT2D eigenvalue weighted by atomic mass is 9.85. The van der Waals surface area contributed by atoms with Gasteiger partial charge in [-0.3, -0.25) is 0 Å². The first kappa shape index (κ1) is 37.8. The summed E-state index contributed by atoms with van der Waals surface area (Å²) in [6.07, 6.45) is 9.57. The molecule has 0 radical (unpaired) electrons. The Hall–Kier alpha value is -6.48. The number of rotatable bonds is 10. The maximum atomic E-state index is 4.35. The van der Waals surface area contributed by atoms with Gasteiger partial charge in [-0.1, -0.05) is 141 Å². The summed E-state index contributed by atoms with van der Waals surface area (Å²) in [6, 6.07) is 57.2. The number of allylic oxidation sites excluding steroid dienone is 5. The van der Waals surface area contributed by atoms with E-state index in [-0.39, 0.29) is 5.92 Å². The zero-order valence-corrected chi connectivity index (χ0v) is 35.7. The van der Waals surface area contributed by atoms with E-state index in [9.17, 15) is 0 Å². The Morgan fingerprint density at radius 2 is 1.35 bits per heavy atom. The molecular formula is C58H49NS. The SMILES string of the molecule is C=C/C(=C(C)\C=C/C)c1ccc(N(c2ccc(-c3ccc4c(c3)-c3ccccc3C4)cc2)c2ccc(-c3ccc4cc(C)sc4c3)cc2)c2c1C(CCC)c1ccccc1-2. The lowest BCUT2D eigenvalue weighted by Gasteiger charge is -2.30. The van der Waals surface area contributed by atoms with Crippen LogP contribution in [0, 0.1) is 6.92 Å². The highest BCUT2D eigenvalue weighted by Crippen LogP contribution is 2.55. The van der Waals surface area contributed by atoms with Crippen molar-refractivity contribution in [1.29, 1.82) is 0 Å². The molecule has 2 aliphatic rings. The fourth-order valence-electron chi connectivity index (χ4n) is 9.95. The van der Waals surface area contributed by atoms with Crippen molar-refractivity contribution >= 4 is 44.1 Å². The third-order valence-electron chi connectivity index (χ3n) is 12.7. The predicted octanol–water partition coefficient (Wildman–Crippen LogP) is 17.0. The summed E-state index contributed by atoms with van der Waals surface area (Å²) >= 11 is 1.86. The van der Waals surface area contributed by atoms with Crippen molar-refractivity contribution in [1.82, 2.24) is 0 Å². The molecule has 292 valence electrons. The highest BCUT2D eigenvalue weighted by molar-refractivity contribution is 7.19. The monoisotopic (exact) mass is 791 g/mol. The van der Waals surface area contributed by atoms with Gasteiger partial charge in [0, 0.05) is 32.4 Å². The van der Waals surface area contributed by atoms with Crippen LogP contribution in [0.15, 0.2) is 182 Å². The number of thiophene rings is 1. The van der Waals surface area contributed by atoms with Gasteiger partial charge in [-0.05, 0) is 165 Å². The van der Waals surface area contributed by atoms with Gasteiger partial charge in [0.2, 0.25) is 0 Å². The van der Waals surface area contributed by atoms with E-state index in [4.69, 9.17) is 0 Å². The lowest BCUT2D eigenvalue weighted by molar-refractivity contribution is 0.710. The first-order valence-electron chi connectivity index (χ1n) is 21.4. The van der Waals surface area contributed by atoms with Crippen molar-refractivity contribution in [2.75, 3.05) is 4.90 Å². The first-order valence-corrected chi connectivity index (χ1v) is 22.2. The Morgan fingerprint density at radius 3 is 2.07 bits per heavy atom. The van der Waals surface area contributed by atoms with Gasteiger partial charge in [0.25, 0.3) is 0 Å². The summed E-state index contributed by atoms with van der Waals surface area (Å²) < 4.78 is 1.33. The molecule has 0 fully saturated rings. The van der Waals surface area contributed by atoms with Crippen molar-refractivity contribution in [2.24, 2.45) is 0 Å². The molecule has 7 aromatic carbocycles. The molecule has 10 rings (SSSR count). The van der Waals surface area contributed by atoms with E-state index in [1.165, 1.54) is 104 Å². The summed E-state index contributed by atoms with van der Waals surface area (Å²) in [5.74, 6) is 0.289. The minimum Gasteiger partial charge on any atom is -0.310 e. The summed E-state index contributed by atoms with van der Waals surface area (Å²) in [5, 5.41) is 1.31. The largest absolute Gasteiger partial charge is 0.310 e. The van der Waals surface area contributed by atoms with Crippen molar-refractivity contribution < 1.29 is 0 Å². The second kappa shape index (κ2) is 15.6. The Balaban J connectivity index is 1.14. The van der Waals surface area contributed by atoms with Crippen LogP contribution in [0.25, 0.3) is 60.2 Å². The van der Waals surface area contributed by atoms with E-state index in [2.05, 4.69) is 209 Å². The zero-order valence-electron chi connectivity index (χ0n) is 34.9. The number of hydrogen-bond donors (Lipinski definition) is 0. The minimum absolute atomic E-state index is 0.289. The molecule has 1 unspecified atom stereocenters. The normalized spacial score (nSPS) is 14.2. The lowest BCUT2D eigenvalue weighted by Crippen LogP contribution is -2.12. The van der Waals surface area contributed by atoms with Crippen LogP contribution < -0.4 is 4.90 Å². The van der Waals surface area contributed by atoms with Crippen LogP contribution >= 0.6 is 11.3 Å². The first-order chi connectivity index (χ1) is 29.4. The molecule has 2 aliphatic carbocycles. The topological polar surface area (TPSA) is 3.24 Å². The third-order valence-corrected chi connectivity index (χ3v) is 13.7. The average molecular weight is 792 g/mol. The van der Waals surface area contributed by atoms with Gasteiger partial charge in [-0.2, -0.15) is 0 Å². The van der Waals surface area contributed by atoms with Crippen LogP contribution in [0.1, 0.15) is 72.2 Å². The smallest absolute Gasteiger partial charge is 0.0543 e. The number of nitrogens with zero attached hydrogens (tertiary/aromatic N) is 1. The molecule has 0 saturated heterocycles. The molecule has 0 N–H and O–H groups in total. The summed E-state index contributed by atoms with van der Waals surface area (Å²) in [7, 11) is 0. The van der Waals surface area contributed by atoms with Gasteiger partial charge >= 0.3 is 0 Å². The third kappa shape index (κ3) is 6.47. The van der Waals surface area contributed by atoms with E-state index < -0.39 is 0 Å². The van der Waals surface area contributed by atoms with Crippen molar-refractivity contribution in [3.63, 3.8) is 0 Å². The van der Waals surface area contributed by atoms with Crippen LogP contribution in [-0.4, -0.2) is 0 Å². The molecular weight excluding hydrogens is 743 g/mol. The Morgan fingerprint density at radius 1 is 0.700 bits per heavy atom. The van der Waals surface area contributed by atoms with Crippen LogP contribution in [0.4, 0.5) is 17.1 Å². The van der Waals surface area contributed by atoms with E-state index in [0.29, 0.717) is 0 Å². The van der Waals surface area contributed by atoms with Gasteiger partial charge in [-0.25, -0.2) is 0 Å². The predicted molar refractivity (Wildman–Crippen MR) is 260 cm³/mol. The quantitative estimate of drug-likeness (QED) is 0.125. The number of benzene rings is 7. The molecule has 8 aromatic rings. The highest BCUT2D eigenvalue weighted by atomic mass is 32.1. The van der Waals surface area contributed by atoms with Gasteiger partial charge in [0.05, 0.1) is 5.69 Å². The molecule has 0 saturated carbocycles. The van der Waals surface area contributed by atoms with Crippen molar-refractivity contribution in [3.05, 3.63) is 215 Å². The Bertz CT molecular complexity index is 3010. The van der Waals surface area contributed by atoms with E-state index >= 15 is 0 Å². The maximum absolute atomic E-state index is 4.35. The van der Waals surface area contributed by atoms with Gasteiger partial charge in [-0.15, -0.1) is 11.3 Å².